The normalized spacial score (nSPS) is 10.3. The Labute approximate surface area is 145 Å². The monoisotopic (exact) mass is 338 g/mol. The Hall–Kier alpha value is -3.35. The molecular formula is C18H18N4O3. The van der Waals surface area contributed by atoms with Crippen molar-refractivity contribution in [1.29, 1.82) is 0 Å². The van der Waals surface area contributed by atoms with E-state index in [4.69, 9.17) is 9.47 Å². The van der Waals surface area contributed by atoms with E-state index in [1.807, 2.05) is 30.3 Å². The molecule has 0 saturated heterocycles. The molecule has 3 aromatic rings. The summed E-state index contributed by atoms with van der Waals surface area (Å²) in [5, 5.41) is 6.95. The van der Waals surface area contributed by atoms with Crippen LogP contribution in [0.1, 0.15) is 5.56 Å². The van der Waals surface area contributed by atoms with Crippen molar-refractivity contribution in [2.75, 3.05) is 19.5 Å². The maximum absolute atomic E-state index is 12.3. The molecule has 3 rings (SSSR count). The van der Waals surface area contributed by atoms with Gasteiger partial charge in [-0.05, 0) is 29.8 Å². The van der Waals surface area contributed by atoms with Gasteiger partial charge in [0.2, 0.25) is 5.91 Å². The van der Waals surface area contributed by atoms with Gasteiger partial charge in [-0.1, -0.05) is 12.1 Å². The van der Waals surface area contributed by atoms with Crippen LogP contribution >= 0.6 is 0 Å². The van der Waals surface area contributed by atoms with Crippen LogP contribution in [0.4, 0.5) is 5.69 Å². The molecule has 128 valence electrons. The van der Waals surface area contributed by atoms with Crippen LogP contribution in [-0.4, -0.2) is 34.9 Å². The molecule has 2 aromatic carbocycles. The summed E-state index contributed by atoms with van der Waals surface area (Å²) >= 11 is 0. The molecule has 0 radical (unpaired) electrons. The number of hydrogen-bond donors (Lipinski definition) is 1. The molecular weight excluding hydrogens is 320 g/mol. The number of ether oxygens (including phenoxy) is 2. The van der Waals surface area contributed by atoms with Gasteiger partial charge in [-0.15, -0.1) is 0 Å². The van der Waals surface area contributed by atoms with Crippen LogP contribution in [0.5, 0.6) is 11.5 Å². The first kappa shape index (κ1) is 16.5. The molecule has 0 aliphatic carbocycles. The van der Waals surface area contributed by atoms with Gasteiger partial charge < -0.3 is 14.8 Å². The Balaban J connectivity index is 1.73. The molecule has 0 saturated carbocycles. The lowest BCUT2D eigenvalue weighted by molar-refractivity contribution is -0.115. The van der Waals surface area contributed by atoms with Crippen LogP contribution in [0.2, 0.25) is 0 Å². The highest BCUT2D eigenvalue weighted by Crippen LogP contribution is 2.26. The lowest BCUT2D eigenvalue weighted by Crippen LogP contribution is -2.14. The van der Waals surface area contributed by atoms with E-state index in [1.165, 1.54) is 6.33 Å². The predicted octanol–water partition coefficient (Wildman–Crippen LogP) is 2.47. The van der Waals surface area contributed by atoms with E-state index in [1.54, 1.807) is 37.4 Å². The number of anilines is 1. The van der Waals surface area contributed by atoms with Crippen molar-refractivity contribution in [3.63, 3.8) is 0 Å². The van der Waals surface area contributed by atoms with Crippen LogP contribution in [0, 0.1) is 0 Å². The van der Waals surface area contributed by atoms with E-state index in [2.05, 4.69) is 15.4 Å². The molecule has 0 aliphatic heterocycles. The number of aromatic nitrogens is 3. The standard InChI is InChI=1S/C18H18N4O3/c1-24-15-5-3-4-13(8-15)9-18(23)21-14-6-7-16(17(10-14)25-2)22-12-19-11-20-22/h3-8,10-12H,9H2,1-2H3,(H,21,23). The number of amides is 1. The van der Waals surface area contributed by atoms with Crippen LogP contribution in [0.15, 0.2) is 55.1 Å². The average Bonchev–Trinajstić information content (AvgIpc) is 3.16. The molecule has 0 atom stereocenters. The van der Waals surface area contributed by atoms with E-state index in [9.17, 15) is 4.79 Å². The lowest BCUT2D eigenvalue weighted by atomic mass is 10.1. The molecule has 7 nitrogen and oxygen atoms in total. The topological polar surface area (TPSA) is 78.3 Å². The van der Waals surface area contributed by atoms with E-state index in [-0.39, 0.29) is 12.3 Å². The van der Waals surface area contributed by atoms with Crippen molar-refractivity contribution in [1.82, 2.24) is 14.8 Å². The minimum absolute atomic E-state index is 0.121. The molecule has 0 fully saturated rings. The molecule has 1 N–H and O–H groups in total. The number of carbonyl (C=O) groups is 1. The fourth-order valence-electron chi connectivity index (χ4n) is 2.45. The first-order valence-electron chi connectivity index (χ1n) is 7.65. The predicted molar refractivity (Wildman–Crippen MR) is 93.2 cm³/mol. The number of carbonyl (C=O) groups excluding carboxylic acids is 1. The van der Waals surface area contributed by atoms with Crippen molar-refractivity contribution in [3.8, 4) is 17.2 Å². The van der Waals surface area contributed by atoms with Gasteiger partial charge in [-0.25, -0.2) is 9.67 Å². The Morgan fingerprint density at radius 3 is 2.76 bits per heavy atom. The largest absolute Gasteiger partial charge is 0.497 e. The van der Waals surface area contributed by atoms with E-state index < -0.39 is 0 Å². The zero-order chi connectivity index (χ0) is 17.6. The SMILES string of the molecule is COc1cccc(CC(=O)Nc2ccc(-n3cncn3)c(OC)c2)c1. The maximum Gasteiger partial charge on any atom is 0.228 e. The van der Waals surface area contributed by atoms with Crippen LogP contribution < -0.4 is 14.8 Å². The van der Waals surface area contributed by atoms with Crippen molar-refractivity contribution < 1.29 is 14.3 Å². The van der Waals surface area contributed by atoms with Crippen molar-refractivity contribution in [3.05, 3.63) is 60.7 Å². The van der Waals surface area contributed by atoms with E-state index >= 15 is 0 Å². The summed E-state index contributed by atoms with van der Waals surface area (Å²) < 4.78 is 12.2. The van der Waals surface area contributed by atoms with Gasteiger partial charge in [0.05, 0.1) is 20.6 Å². The van der Waals surface area contributed by atoms with Crippen LogP contribution in [0.25, 0.3) is 5.69 Å². The first-order chi connectivity index (χ1) is 12.2. The molecule has 0 unspecified atom stereocenters. The summed E-state index contributed by atoms with van der Waals surface area (Å²) in [4.78, 5) is 16.2. The Morgan fingerprint density at radius 1 is 1.16 bits per heavy atom. The molecule has 1 aromatic heterocycles. The quantitative estimate of drug-likeness (QED) is 0.747. The molecule has 1 amide bonds. The summed E-state index contributed by atoms with van der Waals surface area (Å²) in [6, 6.07) is 12.8. The van der Waals surface area contributed by atoms with Gasteiger partial charge in [-0.2, -0.15) is 5.10 Å². The van der Waals surface area contributed by atoms with Crippen LogP contribution in [-0.2, 0) is 11.2 Å². The molecule has 7 heteroatoms. The summed E-state index contributed by atoms with van der Waals surface area (Å²) in [6.07, 6.45) is 3.28. The zero-order valence-electron chi connectivity index (χ0n) is 14.0. The maximum atomic E-state index is 12.3. The minimum atomic E-state index is -0.121. The number of nitrogens with one attached hydrogen (secondary N) is 1. The van der Waals surface area contributed by atoms with E-state index in [0.717, 1.165) is 17.0 Å². The lowest BCUT2D eigenvalue weighted by Gasteiger charge is -2.11. The highest BCUT2D eigenvalue weighted by molar-refractivity contribution is 5.92. The van der Waals surface area contributed by atoms with Crippen molar-refractivity contribution >= 4 is 11.6 Å². The number of nitrogens with zero attached hydrogens (tertiary/aromatic N) is 3. The highest BCUT2D eigenvalue weighted by atomic mass is 16.5. The Morgan fingerprint density at radius 2 is 2.04 bits per heavy atom. The second-order valence-corrected chi connectivity index (χ2v) is 5.30. The summed E-state index contributed by atoms with van der Waals surface area (Å²) in [5.74, 6) is 1.19. The zero-order valence-corrected chi connectivity index (χ0v) is 14.0. The Bertz CT molecular complexity index is 863. The summed E-state index contributed by atoms with van der Waals surface area (Å²) in [7, 11) is 3.17. The molecule has 0 spiro atoms. The van der Waals surface area contributed by atoms with Crippen molar-refractivity contribution in [2.45, 2.75) is 6.42 Å². The molecule has 25 heavy (non-hydrogen) atoms. The second kappa shape index (κ2) is 7.48. The number of methoxy groups -OCH3 is 2. The first-order valence-corrected chi connectivity index (χ1v) is 7.65. The fourth-order valence-corrected chi connectivity index (χ4v) is 2.45. The Kier molecular flexibility index (Phi) is 4.94. The smallest absolute Gasteiger partial charge is 0.228 e. The molecule has 1 heterocycles. The molecule has 0 aliphatic rings. The van der Waals surface area contributed by atoms with Gasteiger partial charge in [-0.3, -0.25) is 4.79 Å². The summed E-state index contributed by atoms with van der Waals surface area (Å²) in [6.45, 7) is 0. The van der Waals surface area contributed by atoms with Gasteiger partial charge in [0.15, 0.2) is 0 Å². The highest BCUT2D eigenvalue weighted by Gasteiger charge is 2.10. The fraction of sp³-hybridized carbons (Fsp3) is 0.167. The third-order valence-corrected chi connectivity index (χ3v) is 3.63. The van der Waals surface area contributed by atoms with Gasteiger partial charge >= 0.3 is 0 Å². The van der Waals surface area contributed by atoms with Crippen molar-refractivity contribution in [2.24, 2.45) is 0 Å². The third kappa shape index (κ3) is 3.95. The van der Waals surface area contributed by atoms with Gasteiger partial charge in [0.1, 0.15) is 29.8 Å². The van der Waals surface area contributed by atoms with E-state index in [0.29, 0.717) is 11.4 Å². The molecule has 0 bridgehead atoms. The average molecular weight is 338 g/mol. The van der Waals surface area contributed by atoms with Gasteiger partial charge in [0, 0.05) is 11.8 Å². The minimum Gasteiger partial charge on any atom is -0.497 e. The number of benzene rings is 2. The number of rotatable bonds is 6. The second-order valence-electron chi connectivity index (χ2n) is 5.30. The third-order valence-electron chi connectivity index (χ3n) is 3.63. The van der Waals surface area contributed by atoms with Crippen LogP contribution in [0.3, 0.4) is 0 Å². The van der Waals surface area contributed by atoms with Gasteiger partial charge in [0.25, 0.3) is 0 Å². The number of hydrogen-bond acceptors (Lipinski definition) is 5. The summed E-state index contributed by atoms with van der Waals surface area (Å²) in [5.41, 5.74) is 2.27.